The normalized spacial score (nSPS) is 19.2. The average Bonchev–Trinajstić information content (AvgIpc) is 3.12. The van der Waals surface area contributed by atoms with E-state index in [-0.39, 0.29) is 63.4 Å². The van der Waals surface area contributed by atoms with Crippen molar-refractivity contribution < 1.29 is 37.5 Å². The molecule has 1 aliphatic heterocycles. The third-order valence-corrected chi connectivity index (χ3v) is 9.74. The first-order valence-electron chi connectivity index (χ1n) is 17.5. The number of nitrogens with two attached hydrogens (primary N) is 1. The summed E-state index contributed by atoms with van der Waals surface area (Å²) in [6.07, 6.45) is -0.0195. The Hall–Kier alpha value is -5.07. The minimum Gasteiger partial charge on any atom is -0.445 e. The molecule has 13 heteroatoms. The zero-order valence-corrected chi connectivity index (χ0v) is 28.4. The molecule has 5 amide bonds. The first kappa shape index (κ1) is 37.2. The maximum Gasteiger partial charge on any atom is 0.408 e. The van der Waals surface area contributed by atoms with Gasteiger partial charge in [-0.15, -0.1) is 0 Å². The van der Waals surface area contributed by atoms with E-state index in [0.717, 1.165) is 21.9 Å². The molecule has 272 valence electrons. The largest absolute Gasteiger partial charge is 0.445 e. The van der Waals surface area contributed by atoms with Crippen LogP contribution in [0.25, 0.3) is 10.8 Å². The zero-order chi connectivity index (χ0) is 36.4. The summed E-state index contributed by atoms with van der Waals surface area (Å²) in [5.74, 6) is -6.20. The van der Waals surface area contributed by atoms with E-state index in [2.05, 4.69) is 21.3 Å². The summed E-state index contributed by atoms with van der Waals surface area (Å²) in [6.45, 7) is 0.478. The number of halogens is 2. The Bertz CT molecular complexity index is 1690. The summed E-state index contributed by atoms with van der Waals surface area (Å²) in [6, 6.07) is 18.5. The summed E-state index contributed by atoms with van der Waals surface area (Å²) in [7, 11) is 0. The summed E-state index contributed by atoms with van der Waals surface area (Å²) >= 11 is 0. The molecule has 1 saturated heterocycles. The first-order valence-corrected chi connectivity index (χ1v) is 17.5. The highest BCUT2D eigenvalue weighted by atomic mass is 19.3. The quantitative estimate of drug-likeness (QED) is 0.168. The number of amides is 5. The van der Waals surface area contributed by atoms with E-state index >= 15 is 0 Å². The Morgan fingerprint density at radius 3 is 2.22 bits per heavy atom. The third-order valence-electron chi connectivity index (χ3n) is 9.74. The predicted molar refractivity (Wildman–Crippen MR) is 186 cm³/mol. The molecular formula is C38H45F2N5O6. The van der Waals surface area contributed by atoms with Crippen molar-refractivity contribution in [2.75, 3.05) is 6.54 Å². The Labute approximate surface area is 295 Å². The maximum absolute atomic E-state index is 14.1. The number of hydrogen-bond donors (Lipinski definition) is 5. The lowest BCUT2D eigenvalue weighted by atomic mass is 9.82. The number of nitrogens with one attached hydrogen (secondary N) is 4. The fraction of sp³-hybridized carbons (Fsp3) is 0.447. The second-order valence-corrected chi connectivity index (χ2v) is 13.5. The zero-order valence-electron chi connectivity index (χ0n) is 28.4. The van der Waals surface area contributed by atoms with Crippen LogP contribution in [-0.2, 0) is 36.9 Å². The van der Waals surface area contributed by atoms with Crippen molar-refractivity contribution in [3.05, 3.63) is 83.9 Å². The Balaban J connectivity index is 1.36. The number of alkyl carbamates (subject to hydrolysis) is 1. The highest BCUT2D eigenvalue weighted by Gasteiger charge is 2.38. The number of carbonyl (C=O) groups excluding carboxylic acids is 5. The number of carbonyl (C=O) groups is 5. The molecule has 51 heavy (non-hydrogen) atoms. The van der Waals surface area contributed by atoms with E-state index in [1.807, 2.05) is 48.5 Å². The van der Waals surface area contributed by atoms with Crippen molar-refractivity contribution in [2.24, 2.45) is 17.6 Å². The molecule has 1 aliphatic carbocycles. The van der Waals surface area contributed by atoms with E-state index in [9.17, 15) is 32.8 Å². The van der Waals surface area contributed by atoms with Crippen LogP contribution in [0.3, 0.4) is 0 Å². The van der Waals surface area contributed by atoms with Gasteiger partial charge in [-0.1, -0.05) is 72.8 Å². The van der Waals surface area contributed by atoms with Gasteiger partial charge in [-0.25, -0.2) is 13.6 Å². The molecule has 5 rings (SSSR count). The van der Waals surface area contributed by atoms with Gasteiger partial charge in [0.1, 0.15) is 24.7 Å². The van der Waals surface area contributed by atoms with Gasteiger partial charge >= 0.3 is 6.09 Å². The highest BCUT2D eigenvalue weighted by Crippen LogP contribution is 2.38. The molecule has 0 unspecified atom stereocenters. The number of piperidine rings is 1. The minimum absolute atomic E-state index is 0.0164. The predicted octanol–water partition coefficient (Wildman–Crippen LogP) is 4.26. The molecule has 2 aliphatic rings. The van der Waals surface area contributed by atoms with Crippen molar-refractivity contribution >= 4 is 40.5 Å². The van der Waals surface area contributed by atoms with Crippen molar-refractivity contribution in [2.45, 2.75) is 88.4 Å². The van der Waals surface area contributed by atoms with Gasteiger partial charge in [0.25, 0.3) is 0 Å². The van der Waals surface area contributed by atoms with Gasteiger partial charge in [0.15, 0.2) is 0 Å². The Kier molecular flexibility index (Phi) is 12.6. The fourth-order valence-corrected chi connectivity index (χ4v) is 6.84. The number of primary amides is 1. The number of rotatable bonds is 14. The van der Waals surface area contributed by atoms with Gasteiger partial charge in [0, 0.05) is 31.7 Å². The van der Waals surface area contributed by atoms with Gasteiger partial charge in [-0.05, 0) is 66.3 Å². The summed E-state index contributed by atoms with van der Waals surface area (Å²) < 4.78 is 33.5. The molecule has 4 atom stereocenters. The molecule has 0 aromatic heterocycles. The summed E-state index contributed by atoms with van der Waals surface area (Å²) in [5, 5.41) is 12.6. The molecular weight excluding hydrogens is 660 g/mol. The van der Waals surface area contributed by atoms with E-state index in [1.54, 1.807) is 24.3 Å². The number of alkyl halides is 2. The number of fused-ring (bicyclic) bond motifs is 1. The van der Waals surface area contributed by atoms with E-state index in [4.69, 9.17) is 10.5 Å². The number of hydrogen-bond acceptors (Lipinski definition) is 6. The highest BCUT2D eigenvalue weighted by molar-refractivity contribution is 5.94. The van der Waals surface area contributed by atoms with Crippen LogP contribution in [-0.4, -0.2) is 60.3 Å². The lowest BCUT2D eigenvalue weighted by Gasteiger charge is -2.32. The van der Waals surface area contributed by atoms with Crippen LogP contribution in [0.2, 0.25) is 0 Å². The molecule has 2 fully saturated rings. The van der Waals surface area contributed by atoms with Gasteiger partial charge in [0.05, 0.1) is 0 Å². The lowest BCUT2D eigenvalue weighted by Crippen LogP contribution is -2.57. The SMILES string of the molecule is NC(=O)[C@H](C[C@@H]1CCCNC1=O)NC(=O)[C@H](CC1CCC(F)(F)CC1)NC(=O)[C@H](Cc1cccc2ccccc12)NC(=O)OCc1ccccc1. The van der Waals surface area contributed by atoms with Crippen LogP contribution in [0, 0.1) is 11.8 Å². The van der Waals surface area contributed by atoms with Crippen LogP contribution >= 0.6 is 0 Å². The van der Waals surface area contributed by atoms with Gasteiger partial charge < -0.3 is 31.7 Å². The van der Waals surface area contributed by atoms with Crippen molar-refractivity contribution in [3.63, 3.8) is 0 Å². The standard InChI is InChI=1S/C38H45F2N5O6/c39-38(40)17-15-24(16-18-38)20-31(35(48)43-30(33(41)46)22-28-13-7-19-42-34(28)47)44-36(49)32(45-37(50)51-23-25-8-2-1-3-9-25)21-27-12-6-11-26-10-4-5-14-29(26)27/h1-6,8-12,14,24,28,30-32H,7,13,15-23H2,(H2,41,46)(H,42,47)(H,43,48)(H,44,49)(H,45,50)/t28-,30-,31-,32-/m0/s1. The maximum atomic E-state index is 14.1. The molecule has 6 N–H and O–H groups in total. The van der Waals surface area contributed by atoms with Crippen LogP contribution < -0.4 is 27.0 Å². The van der Waals surface area contributed by atoms with Crippen molar-refractivity contribution in [3.8, 4) is 0 Å². The smallest absolute Gasteiger partial charge is 0.408 e. The molecule has 3 aromatic rings. The lowest BCUT2D eigenvalue weighted by molar-refractivity contribution is -0.133. The molecule has 1 heterocycles. The number of ether oxygens (including phenoxy) is 1. The Morgan fingerprint density at radius 2 is 1.49 bits per heavy atom. The van der Waals surface area contributed by atoms with Gasteiger partial charge in [-0.2, -0.15) is 0 Å². The van der Waals surface area contributed by atoms with Crippen LogP contribution in [0.1, 0.15) is 62.5 Å². The summed E-state index contributed by atoms with van der Waals surface area (Å²) in [5.41, 5.74) is 7.15. The van der Waals surface area contributed by atoms with E-state index in [0.29, 0.717) is 19.4 Å². The van der Waals surface area contributed by atoms with E-state index in [1.165, 1.54) is 0 Å². The minimum atomic E-state index is -2.80. The number of benzene rings is 3. The fourth-order valence-electron chi connectivity index (χ4n) is 6.84. The van der Waals surface area contributed by atoms with Gasteiger partial charge in [0.2, 0.25) is 29.6 Å². The van der Waals surface area contributed by atoms with Crippen LogP contribution in [0.15, 0.2) is 72.8 Å². The first-order chi connectivity index (χ1) is 24.5. The Morgan fingerprint density at radius 1 is 0.824 bits per heavy atom. The molecule has 0 bridgehead atoms. The summed E-state index contributed by atoms with van der Waals surface area (Å²) in [4.78, 5) is 65.9. The van der Waals surface area contributed by atoms with Crippen molar-refractivity contribution in [1.82, 2.24) is 21.3 Å². The molecule has 3 aromatic carbocycles. The van der Waals surface area contributed by atoms with E-state index < -0.39 is 53.8 Å². The molecule has 0 radical (unpaired) electrons. The second-order valence-electron chi connectivity index (χ2n) is 13.5. The van der Waals surface area contributed by atoms with Crippen LogP contribution in [0.4, 0.5) is 13.6 Å². The molecule has 1 saturated carbocycles. The molecule has 0 spiro atoms. The van der Waals surface area contributed by atoms with Gasteiger partial charge in [-0.3, -0.25) is 19.2 Å². The van der Waals surface area contributed by atoms with Crippen molar-refractivity contribution in [1.29, 1.82) is 0 Å². The average molecular weight is 706 g/mol. The monoisotopic (exact) mass is 705 g/mol. The third kappa shape index (κ3) is 10.7. The topological polar surface area (TPSA) is 169 Å². The van der Waals surface area contributed by atoms with Crippen LogP contribution in [0.5, 0.6) is 0 Å². The molecule has 11 nitrogen and oxygen atoms in total. The second kappa shape index (κ2) is 17.2.